The van der Waals surface area contributed by atoms with Crippen LogP contribution in [0.2, 0.25) is 0 Å². The number of aromatic nitrogens is 1. The number of halogens is 1. The molecule has 2 rings (SSSR count). The number of benzene rings is 1. The van der Waals surface area contributed by atoms with Crippen LogP contribution in [0.1, 0.15) is 12.0 Å². The SMILES string of the molecule is N#Cc1cc2ccccc2nc1S(=O)(=O)CCCCl. The minimum Gasteiger partial charge on any atom is -0.235 e. The van der Waals surface area contributed by atoms with Crippen molar-refractivity contribution in [2.75, 3.05) is 11.6 Å². The Labute approximate surface area is 116 Å². The molecule has 0 aliphatic rings. The summed E-state index contributed by atoms with van der Waals surface area (Å²) < 4.78 is 24.3. The van der Waals surface area contributed by atoms with Gasteiger partial charge in [0.2, 0.25) is 0 Å². The molecule has 0 amide bonds. The first-order chi connectivity index (χ1) is 9.08. The molecule has 6 heteroatoms. The smallest absolute Gasteiger partial charge is 0.197 e. The number of fused-ring (bicyclic) bond motifs is 1. The fraction of sp³-hybridized carbons (Fsp3) is 0.231. The molecule has 2 aromatic rings. The second-order valence-electron chi connectivity index (χ2n) is 4.01. The van der Waals surface area contributed by atoms with Gasteiger partial charge in [0.25, 0.3) is 0 Å². The summed E-state index contributed by atoms with van der Waals surface area (Å²) >= 11 is 5.51. The van der Waals surface area contributed by atoms with E-state index in [9.17, 15) is 8.42 Å². The molecule has 0 saturated heterocycles. The Hall–Kier alpha value is -1.64. The van der Waals surface area contributed by atoms with E-state index in [1.165, 1.54) is 0 Å². The van der Waals surface area contributed by atoms with E-state index in [4.69, 9.17) is 16.9 Å². The van der Waals surface area contributed by atoms with Crippen molar-refractivity contribution in [3.05, 3.63) is 35.9 Å². The minimum absolute atomic E-state index is 0.0771. The van der Waals surface area contributed by atoms with Crippen LogP contribution < -0.4 is 0 Å². The second kappa shape index (κ2) is 5.55. The number of nitriles is 1. The van der Waals surface area contributed by atoms with Gasteiger partial charge in [-0.2, -0.15) is 5.26 Å². The maximum absolute atomic E-state index is 12.1. The Morgan fingerprint density at radius 3 is 2.74 bits per heavy atom. The van der Waals surface area contributed by atoms with E-state index in [2.05, 4.69) is 4.98 Å². The lowest BCUT2D eigenvalue weighted by Gasteiger charge is -2.06. The van der Waals surface area contributed by atoms with Crippen molar-refractivity contribution < 1.29 is 8.42 Å². The van der Waals surface area contributed by atoms with E-state index < -0.39 is 9.84 Å². The van der Waals surface area contributed by atoms with Gasteiger partial charge in [-0.3, -0.25) is 0 Å². The molecule has 0 radical (unpaired) electrons. The molecule has 0 fully saturated rings. The summed E-state index contributed by atoms with van der Waals surface area (Å²) in [5, 5.41) is 9.68. The molecule has 0 spiro atoms. The standard InChI is InChI=1S/C13H11ClN2O2S/c14-6-3-7-19(17,18)13-11(9-15)8-10-4-1-2-5-12(10)16-13/h1-2,4-5,8H,3,6-7H2. The average Bonchev–Trinajstić information content (AvgIpc) is 2.43. The molecule has 0 bridgehead atoms. The van der Waals surface area contributed by atoms with Crippen molar-refractivity contribution in [1.82, 2.24) is 4.98 Å². The molecule has 0 unspecified atom stereocenters. The van der Waals surface area contributed by atoms with Crippen LogP contribution in [0.3, 0.4) is 0 Å². The van der Waals surface area contributed by atoms with Crippen LogP contribution in [0.4, 0.5) is 0 Å². The zero-order chi connectivity index (χ0) is 13.9. The topological polar surface area (TPSA) is 70.8 Å². The van der Waals surface area contributed by atoms with E-state index in [1.807, 2.05) is 12.1 Å². The van der Waals surface area contributed by atoms with E-state index in [0.29, 0.717) is 11.9 Å². The van der Waals surface area contributed by atoms with Crippen LogP contribution in [0.25, 0.3) is 10.9 Å². The molecule has 0 saturated carbocycles. The van der Waals surface area contributed by atoms with Crippen molar-refractivity contribution >= 4 is 32.3 Å². The quantitative estimate of drug-likeness (QED) is 0.812. The van der Waals surface area contributed by atoms with Crippen LogP contribution in [0.15, 0.2) is 35.4 Å². The third-order valence-corrected chi connectivity index (χ3v) is 4.64. The van der Waals surface area contributed by atoms with Crippen LogP contribution in [-0.2, 0) is 9.84 Å². The number of rotatable bonds is 4. The average molecular weight is 295 g/mol. The van der Waals surface area contributed by atoms with Crippen molar-refractivity contribution in [3.63, 3.8) is 0 Å². The molecule has 0 N–H and O–H groups in total. The zero-order valence-electron chi connectivity index (χ0n) is 10.0. The molecular weight excluding hydrogens is 284 g/mol. The fourth-order valence-corrected chi connectivity index (χ4v) is 3.44. The number of hydrogen-bond donors (Lipinski definition) is 0. The fourth-order valence-electron chi connectivity index (χ4n) is 1.76. The van der Waals surface area contributed by atoms with E-state index in [-0.39, 0.29) is 22.2 Å². The monoisotopic (exact) mass is 294 g/mol. The number of hydrogen-bond acceptors (Lipinski definition) is 4. The van der Waals surface area contributed by atoms with Gasteiger partial charge in [-0.25, -0.2) is 13.4 Å². The normalized spacial score (nSPS) is 11.4. The number of nitrogens with zero attached hydrogens (tertiary/aromatic N) is 2. The van der Waals surface area contributed by atoms with Gasteiger partial charge in [0, 0.05) is 11.3 Å². The Morgan fingerprint density at radius 1 is 1.32 bits per heavy atom. The number of alkyl halides is 1. The highest BCUT2D eigenvalue weighted by atomic mass is 35.5. The third kappa shape index (κ3) is 2.86. The molecule has 19 heavy (non-hydrogen) atoms. The van der Waals surface area contributed by atoms with Gasteiger partial charge < -0.3 is 0 Å². The van der Waals surface area contributed by atoms with Gasteiger partial charge in [-0.1, -0.05) is 18.2 Å². The van der Waals surface area contributed by atoms with Crippen molar-refractivity contribution in [2.24, 2.45) is 0 Å². The van der Waals surface area contributed by atoms with Gasteiger partial charge in [0.15, 0.2) is 14.9 Å². The van der Waals surface area contributed by atoms with Crippen LogP contribution >= 0.6 is 11.6 Å². The number of para-hydroxylation sites is 1. The summed E-state index contributed by atoms with van der Waals surface area (Å²) in [5.41, 5.74) is 0.638. The Kier molecular flexibility index (Phi) is 4.03. The first-order valence-electron chi connectivity index (χ1n) is 5.67. The Bertz CT molecular complexity index is 751. The highest BCUT2D eigenvalue weighted by Gasteiger charge is 2.21. The van der Waals surface area contributed by atoms with E-state index >= 15 is 0 Å². The second-order valence-corrected chi connectivity index (χ2v) is 6.41. The molecule has 0 aliphatic heterocycles. The molecular formula is C13H11ClN2O2S. The van der Waals surface area contributed by atoms with Crippen LogP contribution in [0, 0.1) is 11.3 Å². The van der Waals surface area contributed by atoms with Crippen LogP contribution in [-0.4, -0.2) is 25.0 Å². The summed E-state index contributed by atoms with van der Waals surface area (Å²) in [4.78, 5) is 4.12. The van der Waals surface area contributed by atoms with Gasteiger partial charge in [-0.15, -0.1) is 11.6 Å². The number of sulfone groups is 1. The van der Waals surface area contributed by atoms with Gasteiger partial charge >= 0.3 is 0 Å². The first kappa shape index (κ1) is 13.8. The predicted molar refractivity (Wildman–Crippen MR) is 73.8 cm³/mol. The highest BCUT2D eigenvalue weighted by Crippen LogP contribution is 2.21. The molecule has 4 nitrogen and oxygen atoms in total. The van der Waals surface area contributed by atoms with Crippen molar-refractivity contribution in [3.8, 4) is 6.07 Å². The summed E-state index contributed by atoms with van der Waals surface area (Å²) in [7, 11) is -3.57. The lowest BCUT2D eigenvalue weighted by atomic mass is 10.2. The molecule has 0 aliphatic carbocycles. The lowest BCUT2D eigenvalue weighted by Crippen LogP contribution is -2.11. The van der Waals surface area contributed by atoms with E-state index in [0.717, 1.165) is 5.39 Å². The molecule has 1 heterocycles. The van der Waals surface area contributed by atoms with Gasteiger partial charge in [0.05, 0.1) is 16.8 Å². The summed E-state index contributed by atoms with van der Waals surface area (Å²) in [6.07, 6.45) is 0.337. The van der Waals surface area contributed by atoms with Gasteiger partial charge in [-0.05, 0) is 18.6 Å². The largest absolute Gasteiger partial charge is 0.235 e. The van der Waals surface area contributed by atoms with Gasteiger partial charge in [0.1, 0.15) is 6.07 Å². The first-order valence-corrected chi connectivity index (χ1v) is 7.86. The maximum Gasteiger partial charge on any atom is 0.197 e. The van der Waals surface area contributed by atoms with Crippen LogP contribution in [0.5, 0.6) is 0 Å². The number of pyridine rings is 1. The Balaban J connectivity index is 2.62. The molecule has 98 valence electrons. The minimum atomic E-state index is -3.57. The van der Waals surface area contributed by atoms with Crippen molar-refractivity contribution in [2.45, 2.75) is 11.4 Å². The predicted octanol–water partition coefficient (Wildman–Crippen LogP) is 2.51. The molecule has 1 aromatic carbocycles. The van der Waals surface area contributed by atoms with Crippen molar-refractivity contribution in [1.29, 1.82) is 5.26 Å². The molecule has 0 atom stereocenters. The maximum atomic E-state index is 12.1. The van der Waals surface area contributed by atoms with E-state index in [1.54, 1.807) is 24.3 Å². The zero-order valence-corrected chi connectivity index (χ0v) is 11.6. The Morgan fingerprint density at radius 2 is 2.05 bits per heavy atom. The highest BCUT2D eigenvalue weighted by molar-refractivity contribution is 7.91. The summed E-state index contributed by atoms with van der Waals surface area (Å²) in [6, 6.07) is 10.5. The summed E-state index contributed by atoms with van der Waals surface area (Å²) in [6.45, 7) is 0. The molecule has 1 aromatic heterocycles. The lowest BCUT2D eigenvalue weighted by molar-refractivity contribution is 0.591. The third-order valence-electron chi connectivity index (χ3n) is 2.65. The summed E-state index contributed by atoms with van der Waals surface area (Å²) in [5.74, 6) is 0.158.